The largest absolute Gasteiger partial charge is 0.478 e. The highest BCUT2D eigenvalue weighted by atomic mass is 35.5. The number of nitro groups is 1. The van der Waals surface area contributed by atoms with Crippen molar-refractivity contribution in [1.82, 2.24) is 0 Å². The number of nitro benzene ring substituents is 1. The average Bonchev–Trinajstić information content (AvgIpc) is 2.52. The van der Waals surface area contributed by atoms with Crippen LogP contribution in [-0.4, -0.2) is 16.0 Å². The van der Waals surface area contributed by atoms with E-state index in [1.807, 2.05) is 0 Å². The van der Waals surface area contributed by atoms with Gasteiger partial charge in [-0.05, 0) is 35.9 Å². The topological polar surface area (TPSA) is 80.4 Å². The van der Waals surface area contributed by atoms with Crippen molar-refractivity contribution in [1.29, 1.82) is 0 Å². The van der Waals surface area contributed by atoms with Gasteiger partial charge in [-0.25, -0.2) is 4.79 Å². The lowest BCUT2D eigenvalue weighted by atomic mass is 9.99. The molecular formula is C16H8Cl2F3NO4. The number of nitrogens with zero attached hydrogens (tertiary/aromatic N) is 1. The average molecular weight is 406 g/mol. The Hall–Kier alpha value is -2.58. The molecule has 0 spiro atoms. The van der Waals surface area contributed by atoms with Gasteiger partial charge in [0.15, 0.2) is 0 Å². The van der Waals surface area contributed by atoms with Gasteiger partial charge in [-0.15, -0.1) is 0 Å². The molecule has 0 heterocycles. The van der Waals surface area contributed by atoms with Crippen LogP contribution < -0.4 is 0 Å². The Morgan fingerprint density at radius 1 is 1.15 bits per heavy atom. The fourth-order valence-corrected chi connectivity index (χ4v) is 2.58. The molecule has 0 saturated carbocycles. The number of hydrogen-bond donors (Lipinski definition) is 1. The minimum Gasteiger partial charge on any atom is -0.478 e. The predicted octanol–water partition coefficient (Wildman–Crippen LogP) is 5.55. The van der Waals surface area contributed by atoms with Gasteiger partial charge in [0.1, 0.15) is 0 Å². The maximum atomic E-state index is 12.8. The number of halogens is 5. The van der Waals surface area contributed by atoms with Crippen LogP contribution in [0.5, 0.6) is 0 Å². The van der Waals surface area contributed by atoms with Crippen molar-refractivity contribution in [2.45, 2.75) is 6.18 Å². The van der Waals surface area contributed by atoms with Crippen molar-refractivity contribution in [2.75, 3.05) is 0 Å². The summed E-state index contributed by atoms with van der Waals surface area (Å²) in [6.07, 6.45) is -3.79. The fourth-order valence-electron chi connectivity index (χ4n) is 2.12. The van der Waals surface area contributed by atoms with Crippen molar-refractivity contribution in [3.05, 3.63) is 73.2 Å². The van der Waals surface area contributed by atoms with Crippen molar-refractivity contribution < 1.29 is 28.0 Å². The van der Waals surface area contributed by atoms with Crippen LogP contribution in [0.1, 0.15) is 16.7 Å². The first-order chi connectivity index (χ1) is 12.0. The molecule has 2 rings (SSSR count). The lowest BCUT2D eigenvalue weighted by Gasteiger charge is -2.10. The minimum absolute atomic E-state index is 0.0748. The van der Waals surface area contributed by atoms with Gasteiger partial charge in [0.05, 0.1) is 21.6 Å². The molecule has 0 unspecified atom stereocenters. The Labute approximate surface area is 154 Å². The van der Waals surface area contributed by atoms with Gasteiger partial charge in [-0.3, -0.25) is 10.1 Å². The third-order valence-electron chi connectivity index (χ3n) is 3.30. The monoisotopic (exact) mass is 405 g/mol. The number of carbonyl (C=O) groups is 1. The number of carboxylic acids is 1. The summed E-state index contributed by atoms with van der Waals surface area (Å²) in [5.74, 6) is -1.57. The highest BCUT2D eigenvalue weighted by Crippen LogP contribution is 2.36. The van der Waals surface area contributed by atoms with Crippen molar-refractivity contribution in [3.8, 4) is 0 Å². The molecule has 0 bridgehead atoms. The number of hydrogen-bond acceptors (Lipinski definition) is 3. The summed E-state index contributed by atoms with van der Waals surface area (Å²) in [6.45, 7) is 0. The lowest BCUT2D eigenvalue weighted by molar-refractivity contribution is -0.385. The molecule has 2 aromatic carbocycles. The first-order valence-electron chi connectivity index (χ1n) is 6.76. The molecule has 0 radical (unpaired) electrons. The van der Waals surface area contributed by atoms with Crippen LogP contribution in [0, 0.1) is 10.1 Å². The zero-order chi connectivity index (χ0) is 19.6. The summed E-state index contributed by atoms with van der Waals surface area (Å²) in [5.41, 5.74) is -3.14. The summed E-state index contributed by atoms with van der Waals surface area (Å²) in [5, 5.41) is 20.9. The third kappa shape index (κ3) is 4.33. The molecule has 0 aromatic heterocycles. The zero-order valence-corrected chi connectivity index (χ0v) is 14.1. The van der Waals surface area contributed by atoms with E-state index >= 15 is 0 Å². The number of carboxylic acid groups (broad SMARTS) is 1. The van der Waals surface area contributed by atoms with Gasteiger partial charge in [-0.2, -0.15) is 13.2 Å². The van der Waals surface area contributed by atoms with Gasteiger partial charge in [-0.1, -0.05) is 29.3 Å². The normalized spacial score (nSPS) is 12.1. The van der Waals surface area contributed by atoms with Gasteiger partial charge >= 0.3 is 12.1 Å². The number of alkyl halides is 3. The quantitative estimate of drug-likeness (QED) is 0.313. The lowest BCUT2D eigenvalue weighted by Crippen LogP contribution is -2.08. The van der Waals surface area contributed by atoms with E-state index in [1.54, 1.807) is 0 Å². The Morgan fingerprint density at radius 3 is 2.31 bits per heavy atom. The van der Waals surface area contributed by atoms with E-state index in [4.69, 9.17) is 23.2 Å². The summed E-state index contributed by atoms with van der Waals surface area (Å²) >= 11 is 11.7. The van der Waals surface area contributed by atoms with E-state index in [0.717, 1.165) is 12.1 Å². The fraction of sp³-hybridized carbons (Fsp3) is 0.0625. The Morgan fingerprint density at radius 2 is 1.81 bits per heavy atom. The maximum absolute atomic E-state index is 12.8. The minimum atomic E-state index is -4.81. The number of rotatable bonds is 4. The van der Waals surface area contributed by atoms with E-state index in [-0.39, 0.29) is 21.7 Å². The summed E-state index contributed by atoms with van der Waals surface area (Å²) in [6, 6.07) is 5.72. The standard InChI is InChI=1S/C16H8Cl2F3NO4/c17-10-3-1-8(13(18)7-10)5-12(15(23)24)11-4-2-9(16(19,20)21)6-14(11)22(25)26/h1-7H,(H,23,24)/b12-5+. The van der Waals surface area contributed by atoms with Gasteiger partial charge in [0.25, 0.3) is 5.69 Å². The first kappa shape index (κ1) is 19.7. The van der Waals surface area contributed by atoms with Gasteiger partial charge in [0.2, 0.25) is 0 Å². The van der Waals surface area contributed by atoms with Crippen molar-refractivity contribution in [2.24, 2.45) is 0 Å². The van der Waals surface area contributed by atoms with Crippen LogP contribution in [-0.2, 0) is 11.0 Å². The van der Waals surface area contributed by atoms with E-state index in [1.165, 1.54) is 18.2 Å². The van der Waals surface area contributed by atoms with Crippen LogP contribution >= 0.6 is 23.2 Å². The molecule has 0 aliphatic heterocycles. The maximum Gasteiger partial charge on any atom is 0.416 e. The van der Waals surface area contributed by atoms with Gasteiger partial charge < -0.3 is 5.11 Å². The van der Waals surface area contributed by atoms with E-state index in [0.29, 0.717) is 6.07 Å². The van der Waals surface area contributed by atoms with E-state index < -0.39 is 39.5 Å². The van der Waals surface area contributed by atoms with Crippen LogP contribution in [0.15, 0.2) is 36.4 Å². The van der Waals surface area contributed by atoms with Crippen molar-refractivity contribution >= 4 is 46.5 Å². The molecule has 0 atom stereocenters. The van der Waals surface area contributed by atoms with Crippen LogP contribution in [0.4, 0.5) is 18.9 Å². The Balaban J connectivity index is 2.69. The second-order valence-corrected chi connectivity index (χ2v) is 5.86. The molecular weight excluding hydrogens is 398 g/mol. The van der Waals surface area contributed by atoms with E-state index in [9.17, 15) is 33.2 Å². The number of benzene rings is 2. The molecule has 10 heteroatoms. The Kier molecular flexibility index (Phi) is 5.58. The summed E-state index contributed by atoms with van der Waals surface area (Å²) in [7, 11) is 0. The smallest absolute Gasteiger partial charge is 0.416 e. The highest BCUT2D eigenvalue weighted by Gasteiger charge is 2.34. The zero-order valence-electron chi connectivity index (χ0n) is 12.6. The summed E-state index contributed by atoms with van der Waals surface area (Å²) in [4.78, 5) is 21.6. The van der Waals surface area contributed by atoms with Crippen LogP contribution in [0.25, 0.3) is 11.6 Å². The van der Waals surface area contributed by atoms with Crippen LogP contribution in [0.3, 0.4) is 0 Å². The molecule has 0 amide bonds. The van der Waals surface area contributed by atoms with Crippen LogP contribution in [0.2, 0.25) is 10.0 Å². The van der Waals surface area contributed by atoms with Gasteiger partial charge in [0, 0.05) is 16.1 Å². The second kappa shape index (κ2) is 7.35. The highest BCUT2D eigenvalue weighted by molar-refractivity contribution is 6.36. The molecule has 5 nitrogen and oxygen atoms in total. The molecule has 0 fully saturated rings. The second-order valence-electron chi connectivity index (χ2n) is 5.02. The molecule has 26 heavy (non-hydrogen) atoms. The third-order valence-corrected chi connectivity index (χ3v) is 3.87. The predicted molar refractivity (Wildman–Crippen MR) is 90.1 cm³/mol. The number of aliphatic carboxylic acids is 1. The molecule has 1 N–H and O–H groups in total. The molecule has 0 saturated heterocycles. The SMILES string of the molecule is O=C(O)/C(=C/c1ccc(Cl)cc1Cl)c1ccc(C(F)(F)F)cc1[N+](=O)[O-]. The first-order valence-corrected chi connectivity index (χ1v) is 7.52. The molecule has 2 aromatic rings. The summed E-state index contributed by atoms with van der Waals surface area (Å²) < 4.78 is 38.3. The molecule has 0 aliphatic carbocycles. The van der Waals surface area contributed by atoms with Crippen molar-refractivity contribution in [3.63, 3.8) is 0 Å². The molecule has 136 valence electrons. The van der Waals surface area contributed by atoms with E-state index in [2.05, 4.69) is 0 Å². The Bertz CT molecular complexity index is 926. The molecule has 0 aliphatic rings.